The molecule has 112 valence electrons. The van der Waals surface area contributed by atoms with E-state index in [0.29, 0.717) is 23.9 Å². The van der Waals surface area contributed by atoms with Crippen LogP contribution in [0.2, 0.25) is 5.15 Å². The number of ether oxygens (including phenoxy) is 1. The van der Waals surface area contributed by atoms with Crippen molar-refractivity contribution >= 4 is 60.1 Å². The zero-order chi connectivity index (χ0) is 15.4. The van der Waals surface area contributed by atoms with Crippen molar-refractivity contribution in [2.75, 3.05) is 6.61 Å². The predicted molar refractivity (Wildman–Crippen MR) is 92.2 cm³/mol. The molecule has 0 fully saturated rings. The highest BCUT2D eigenvalue weighted by atomic mass is 79.9. The van der Waals surface area contributed by atoms with Gasteiger partial charge in [-0.2, -0.15) is 0 Å². The quantitative estimate of drug-likeness (QED) is 0.441. The fraction of sp³-hybridized carbons (Fsp3) is 0.333. The number of ketones is 1. The molecule has 0 atom stereocenters. The molecule has 1 aromatic carbocycles. The fourth-order valence-electron chi connectivity index (χ4n) is 1.96. The van der Waals surface area contributed by atoms with E-state index in [4.69, 9.17) is 16.3 Å². The van der Waals surface area contributed by atoms with Crippen molar-refractivity contribution in [3.63, 3.8) is 0 Å². The lowest BCUT2D eigenvalue weighted by atomic mass is 10.2. The van der Waals surface area contributed by atoms with Gasteiger partial charge in [0.15, 0.2) is 5.75 Å². The third-order valence-corrected chi connectivity index (χ3v) is 4.43. The lowest BCUT2D eigenvalue weighted by Gasteiger charge is -2.12. The molecule has 0 saturated heterocycles. The Hall–Kier alpha value is -0.650. The maximum Gasteiger partial charge on any atom is 0.159 e. The SMILES string of the molecule is CC(=O)CCCCOc1c(Br)cc(Br)c2ccc(Cl)nc12. The first-order chi connectivity index (χ1) is 9.99. The monoisotopic (exact) mass is 433 g/mol. The van der Waals surface area contributed by atoms with Crippen molar-refractivity contribution in [3.05, 3.63) is 32.3 Å². The second-order valence-electron chi connectivity index (χ2n) is 4.71. The van der Waals surface area contributed by atoms with Crippen LogP contribution in [-0.4, -0.2) is 17.4 Å². The Kier molecular flexibility index (Phi) is 6.02. The number of Topliss-reactive ketones (excluding diaryl/α,β-unsaturated/α-hetero) is 1. The Morgan fingerprint density at radius 2 is 2.05 bits per heavy atom. The molecule has 0 saturated carbocycles. The van der Waals surface area contributed by atoms with E-state index in [9.17, 15) is 4.79 Å². The molecule has 0 spiro atoms. The Morgan fingerprint density at radius 1 is 1.29 bits per heavy atom. The summed E-state index contributed by atoms with van der Waals surface area (Å²) in [6.45, 7) is 2.14. The molecule has 0 aliphatic rings. The van der Waals surface area contributed by atoms with E-state index in [1.165, 1.54) is 0 Å². The van der Waals surface area contributed by atoms with Gasteiger partial charge in [0.05, 0.1) is 11.1 Å². The van der Waals surface area contributed by atoms with Crippen LogP contribution in [0.25, 0.3) is 10.9 Å². The van der Waals surface area contributed by atoms with Crippen molar-refractivity contribution in [2.45, 2.75) is 26.2 Å². The van der Waals surface area contributed by atoms with E-state index in [0.717, 1.165) is 32.7 Å². The Bertz CT molecular complexity index is 676. The number of hydrogen-bond acceptors (Lipinski definition) is 3. The minimum absolute atomic E-state index is 0.207. The number of unbranched alkanes of at least 4 members (excludes halogenated alkanes) is 1. The number of fused-ring (bicyclic) bond motifs is 1. The maximum absolute atomic E-state index is 10.9. The zero-order valence-corrected chi connectivity index (χ0v) is 15.4. The van der Waals surface area contributed by atoms with E-state index in [1.807, 2.05) is 12.1 Å². The molecule has 0 bridgehead atoms. The van der Waals surface area contributed by atoms with Crippen molar-refractivity contribution in [1.82, 2.24) is 4.98 Å². The lowest BCUT2D eigenvalue weighted by molar-refractivity contribution is -0.117. The smallest absolute Gasteiger partial charge is 0.159 e. The van der Waals surface area contributed by atoms with Crippen LogP contribution in [0.5, 0.6) is 5.75 Å². The van der Waals surface area contributed by atoms with Gasteiger partial charge < -0.3 is 9.53 Å². The second kappa shape index (κ2) is 7.56. The van der Waals surface area contributed by atoms with Gasteiger partial charge in [-0.25, -0.2) is 4.98 Å². The van der Waals surface area contributed by atoms with Gasteiger partial charge in [0.1, 0.15) is 16.5 Å². The molecule has 0 aliphatic carbocycles. The maximum atomic E-state index is 10.9. The molecule has 6 heteroatoms. The number of rotatable bonds is 6. The number of benzene rings is 1. The van der Waals surface area contributed by atoms with Gasteiger partial charge >= 0.3 is 0 Å². The molecule has 0 aliphatic heterocycles. The lowest BCUT2D eigenvalue weighted by Crippen LogP contribution is -2.01. The third-order valence-electron chi connectivity index (χ3n) is 2.97. The molecular formula is C15H14Br2ClNO2. The molecule has 0 N–H and O–H groups in total. The molecule has 0 amide bonds. The van der Waals surface area contributed by atoms with Crippen LogP contribution in [0.15, 0.2) is 27.1 Å². The van der Waals surface area contributed by atoms with Crippen LogP contribution in [0, 0.1) is 0 Å². The van der Waals surface area contributed by atoms with Crippen LogP contribution < -0.4 is 4.74 Å². The minimum atomic E-state index is 0.207. The molecule has 1 heterocycles. The van der Waals surface area contributed by atoms with E-state index < -0.39 is 0 Å². The number of hydrogen-bond donors (Lipinski definition) is 0. The van der Waals surface area contributed by atoms with Crippen molar-refractivity contribution in [1.29, 1.82) is 0 Å². The average Bonchev–Trinajstić information content (AvgIpc) is 2.41. The van der Waals surface area contributed by atoms with Gasteiger partial charge in [-0.1, -0.05) is 27.5 Å². The van der Waals surface area contributed by atoms with Gasteiger partial charge in [-0.15, -0.1) is 0 Å². The average molecular weight is 436 g/mol. The second-order valence-corrected chi connectivity index (χ2v) is 6.80. The van der Waals surface area contributed by atoms with Gasteiger partial charge in [0.25, 0.3) is 0 Å². The third kappa shape index (κ3) is 4.41. The summed E-state index contributed by atoms with van der Waals surface area (Å²) in [5, 5.41) is 1.37. The zero-order valence-electron chi connectivity index (χ0n) is 11.5. The standard InChI is InChI=1S/C15H14Br2ClNO2/c1-9(20)4-2-3-7-21-15-12(17)8-11(16)10-5-6-13(18)19-14(10)15/h5-6,8H,2-4,7H2,1H3. The van der Waals surface area contributed by atoms with Crippen LogP contribution in [-0.2, 0) is 4.79 Å². The first kappa shape index (κ1) is 16.7. The Morgan fingerprint density at radius 3 is 2.76 bits per heavy atom. The van der Waals surface area contributed by atoms with E-state index >= 15 is 0 Å². The van der Waals surface area contributed by atoms with Crippen molar-refractivity contribution in [2.24, 2.45) is 0 Å². The Balaban J connectivity index is 2.18. The molecule has 21 heavy (non-hydrogen) atoms. The van der Waals surface area contributed by atoms with Crippen LogP contribution in [0.4, 0.5) is 0 Å². The number of aromatic nitrogens is 1. The topological polar surface area (TPSA) is 39.2 Å². The highest BCUT2D eigenvalue weighted by molar-refractivity contribution is 9.11. The first-order valence-electron chi connectivity index (χ1n) is 6.55. The summed E-state index contributed by atoms with van der Waals surface area (Å²) in [4.78, 5) is 15.3. The molecule has 2 aromatic rings. The summed E-state index contributed by atoms with van der Waals surface area (Å²) < 4.78 is 7.59. The van der Waals surface area contributed by atoms with Crippen molar-refractivity contribution < 1.29 is 9.53 Å². The van der Waals surface area contributed by atoms with E-state index in [-0.39, 0.29) is 5.78 Å². The van der Waals surface area contributed by atoms with Crippen LogP contribution >= 0.6 is 43.5 Å². The molecule has 3 nitrogen and oxygen atoms in total. The van der Waals surface area contributed by atoms with Gasteiger partial charge in [-0.3, -0.25) is 0 Å². The van der Waals surface area contributed by atoms with E-state index in [2.05, 4.69) is 36.8 Å². The Labute approximate surface area is 145 Å². The van der Waals surface area contributed by atoms with Gasteiger partial charge in [0.2, 0.25) is 0 Å². The number of halogens is 3. The summed E-state index contributed by atoms with van der Waals surface area (Å²) in [6, 6.07) is 5.59. The van der Waals surface area contributed by atoms with Crippen molar-refractivity contribution in [3.8, 4) is 5.75 Å². The normalized spacial score (nSPS) is 10.9. The van der Waals surface area contributed by atoms with Crippen LogP contribution in [0.3, 0.4) is 0 Å². The molecule has 0 unspecified atom stereocenters. The van der Waals surface area contributed by atoms with Gasteiger partial charge in [-0.05, 0) is 53.9 Å². The molecular weight excluding hydrogens is 421 g/mol. The summed E-state index contributed by atoms with van der Waals surface area (Å²) >= 11 is 13.0. The van der Waals surface area contributed by atoms with Crippen LogP contribution in [0.1, 0.15) is 26.2 Å². The first-order valence-corrected chi connectivity index (χ1v) is 8.52. The number of pyridine rings is 1. The largest absolute Gasteiger partial charge is 0.490 e. The summed E-state index contributed by atoms with van der Waals surface area (Å²) in [5.41, 5.74) is 0.718. The highest BCUT2D eigenvalue weighted by Gasteiger charge is 2.13. The number of carbonyl (C=O) groups is 1. The number of carbonyl (C=O) groups excluding carboxylic acids is 1. The van der Waals surface area contributed by atoms with Gasteiger partial charge in [0, 0.05) is 16.3 Å². The summed E-state index contributed by atoms with van der Waals surface area (Å²) in [5.74, 6) is 0.886. The molecule has 1 aromatic heterocycles. The molecule has 0 radical (unpaired) electrons. The molecule has 2 rings (SSSR count). The van der Waals surface area contributed by atoms with E-state index in [1.54, 1.807) is 13.0 Å². The number of nitrogens with zero attached hydrogens (tertiary/aromatic N) is 1. The fourth-order valence-corrected chi connectivity index (χ4v) is 3.49. The predicted octanol–water partition coefficient (Wildman–Crippen LogP) is 5.55. The summed E-state index contributed by atoms with van der Waals surface area (Å²) in [6.07, 6.45) is 2.25. The minimum Gasteiger partial charge on any atom is -0.490 e. The summed E-state index contributed by atoms with van der Waals surface area (Å²) in [7, 11) is 0. The highest BCUT2D eigenvalue weighted by Crippen LogP contribution is 2.38.